The molecule has 0 bridgehead atoms. The van der Waals surface area contributed by atoms with Crippen LogP contribution < -0.4 is 19.3 Å². The number of anilines is 2. The van der Waals surface area contributed by atoms with Crippen LogP contribution in [0, 0.1) is 0 Å². The van der Waals surface area contributed by atoms with E-state index < -0.39 is 0 Å². The van der Waals surface area contributed by atoms with Gasteiger partial charge in [0.05, 0.1) is 14.2 Å². The highest BCUT2D eigenvalue weighted by Crippen LogP contribution is 2.32. The Balaban J connectivity index is 1.33. The van der Waals surface area contributed by atoms with Gasteiger partial charge in [0.2, 0.25) is 5.91 Å². The molecule has 0 unspecified atom stereocenters. The van der Waals surface area contributed by atoms with Crippen molar-refractivity contribution < 1.29 is 19.1 Å². The first-order valence-corrected chi connectivity index (χ1v) is 10.9. The van der Waals surface area contributed by atoms with Gasteiger partial charge >= 0.3 is 6.03 Å². The Morgan fingerprint density at radius 2 is 1.66 bits per heavy atom. The quantitative estimate of drug-likeness (QED) is 0.666. The Hall–Kier alpha value is -3.13. The second-order valence-electron chi connectivity index (χ2n) is 7.74. The Bertz CT molecular complexity index is 994. The molecule has 8 nitrogen and oxygen atoms in total. The van der Waals surface area contributed by atoms with Crippen LogP contribution in [0.3, 0.4) is 0 Å². The molecule has 4 rings (SSSR count). The molecule has 2 aliphatic rings. The summed E-state index contributed by atoms with van der Waals surface area (Å²) in [4.78, 5) is 33.1. The topological polar surface area (TPSA) is 65.6 Å². The van der Waals surface area contributed by atoms with Crippen molar-refractivity contribution in [2.45, 2.75) is 0 Å². The molecular formula is C23H27ClN4O4. The van der Waals surface area contributed by atoms with E-state index in [4.69, 9.17) is 21.1 Å². The molecule has 0 N–H and O–H groups in total. The van der Waals surface area contributed by atoms with Crippen LogP contribution >= 0.6 is 11.6 Å². The molecule has 170 valence electrons. The number of hydrogen-bond acceptors (Lipinski definition) is 5. The summed E-state index contributed by atoms with van der Waals surface area (Å²) in [5.74, 6) is 1.13. The zero-order valence-corrected chi connectivity index (χ0v) is 19.0. The third-order valence-corrected chi connectivity index (χ3v) is 6.14. The lowest BCUT2D eigenvalue weighted by atomic mass is 10.2. The lowest BCUT2D eigenvalue weighted by Crippen LogP contribution is -2.51. The number of ether oxygens (including phenoxy) is 2. The van der Waals surface area contributed by atoms with Gasteiger partial charge in [-0.3, -0.25) is 9.69 Å². The largest absolute Gasteiger partial charge is 0.493 e. The molecule has 0 atom stereocenters. The van der Waals surface area contributed by atoms with Crippen molar-refractivity contribution in [3.05, 3.63) is 47.5 Å². The van der Waals surface area contributed by atoms with Gasteiger partial charge in [-0.1, -0.05) is 17.7 Å². The smallest absolute Gasteiger partial charge is 0.325 e. The van der Waals surface area contributed by atoms with E-state index in [2.05, 4.69) is 4.90 Å². The van der Waals surface area contributed by atoms with Gasteiger partial charge in [-0.25, -0.2) is 4.79 Å². The average Bonchev–Trinajstić information content (AvgIpc) is 3.18. The maximum absolute atomic E-state index is 12.9. The van der Waals surface area contributed by atoms with E-state index in [1.165, 1.54) is 0 Å². The van der Waals surface area contributed by atoms with Gasteiger partial charge < -0.3 is 24.2 Å². The number of benzene rings is 2. The van der Waals surface area contributed by atoms with Gasteiger partial charge in [-0.2, -0.15) is 0 Å². The van der Waals surface area contributed by atoms with Gasteiger partial charge in [-0.05, 0) is 30.3 Å². The molecule has 2 heterocycles. The molecule has 9 heteroatoms. The predicted molar refractivity (Wildman–Crippen MR) is 124 cm³/mol. The fourth-order valence-electron chi connectivity index (χ4n) is 4.11. The van der Waals surface area contributed by atoms with E-state index in [1.54, 1.807) is 36.2 Å². The van der Waals surface area contributed by atoms with Crippen LogP contribution in [0.15, 0.2) is 42.5 Å². The van der Waals surface area contributed by atoms with E-state index in [0.717, 1.165) is 24.5 Å². The highest BCUT2D eigenvalue weighted by atomic mass is 35.5. The van der Waals surface area contributed by atoms with Crippen molar-refractivity contribution in [1.82, 2.24) is 9.80 Å². The van der Waals surface area contributed by atoms with Crippen molar-refractivity contribution >= 4 is 34.9 Å². The molecule has 2 fully saturated rings. The summed E-state index contributed by atoms with van der Waals surface area (Å²) in [6.45, 7) is 3.81. The number of piperazine rings is 1. The SMILES string of the molecule is COc1ccc(N2CCN(CC(=O)N3CCN(c4cccc(Cl)c4)CC3)C2=O)cc1OC. The standard InChI is InChI=1S/C23H27ClN4O4/c1-31-20-7-6-19(15-21(20)32-2)28-13-12-27(23(28)30)16-22(29)26-10-8-25(9-11-26)18-5-3-4-17(24)14-18/h3-7,14-15H,8-13,16H2,1-2H3. The van der Waals surface area contributed by atoms with Crippen LogP contribution in [0.2, 0.25) is 5.02 Å². The van der Waals surface area contributed by atoms with Crippen molar-refractivity contribution in [2.75, 3.05) is 69.8 Å². The van der Waals surface area contributed by atoms with Gasteiger partial charge in [0.1, 0.15) is 6.54 Å². The number of nitrogens with zero attached hydrogens (tertiary/aromatic N) is 4. The Morgan fingerprint density at radius 3 is 2.34 bits per heavy atom. The molecule has 2 aromatic carbocycles. The maximum Gasteiger partial charge on any atom is 0.325 e. The Morgan fingerprint density at radius 1 is 0.906 bits per heavy atom. The molecule has 0 spiro atoms. The average molecular weight is 459 g/mol. The minimum absolute atomic E-state index is 0.0294. The highest BCUT2D eigenvalue weighted by molar-refractivity contribution is 6.30. The molecule has 2 aliphatic heterocycles. The predicted octanol–water partition coefficient (Wildman–Crippen LogP) is 2.95. The monoisotopic (exact) mass is 458 g/mol. The van der Waals surface area contributed by atoms with Gasteiger partial charge in [-0.15, -0.1) is 0 Å². The number of halogens is 1. The first kappa shape index (κ1) is 22.1. The summed E-state index contributed by atoms with van der Waals surface area (Å²) in [6, 6.07) is 12.9. The molecule has 32 heavy (non-hydrogen) atoms. The summed E-state index contributed by atoms with van der Waals surface area (Å²) < 4.78 is 10.6. The van der Waals surface area contributed by atoms with E-state index >= 15 is 0 Å². The number of amides is 3. The molecule has 3 amide bonds. The third kappa shape index (κ3) is 4.55. The Kier molecular flexibility index (Phi) is 6.60. The summed E-state index contributed by atoms with van der Waals surface area (Å²) in [5.41, 5.74) is 1.78. The molecular weight excluding hydrogens is 432 g/mol. The highest BCUT2D eigenvalue weighted by Gasteiger charge is 2.33. The summed E-state index contributed by atoms with van der Waals surface area (Å²) >= 11 is 6.09. The lowest BCUT2D eigenvalue weighted by Gasteiger charge is -2.36. The minimum atomic E-state index is -0.178. The first-order valence-electron chi connectivity index (χ1n) is 10.6. The lowest BCUT2D eigenvalue weighted by molar-refractivity contribution is -0.131. The van der Waals surface area contributed by atoms with Crippen molar-refractivity contribution in [1.29, 1.82) is 0 Å². The molecule has 0 saturated carbocycles. The first-order chi connectivity index (χ1) is 15.5. The van der Waals surface area contributed by atoms with Crippen LogP contribution in [-0.4, -0.2) is 81.8 Å². The van der Waals surface area contributed by atoms with Crippen LogP contribution in [-0.2, 0) is 4.79 Å². The van der Waals surface area contributed by atoms with Gasteiger partial charge in [0.25, 0.3) is 0 Å². The molecule has 0 radical (unpaired) electrons. The Labute approximate surface area is 192 Å². The van der Waals surface area contributed by atoms with Crippen LogP contribution in [0.1, 0.15) is 0 Å². The van der Waals surface area contributed by atoms with Crippen LogP contribution in [0.4, 0.5) is 16.2 Å². The number of methoxy groups -OCH3 is 2. The zero-order chi connectivity index (χ0) is 22.7. The van der Waals surface area contributed by atoms with Crippen molar-refractivity contribution in [2.24, 2.45) is 0 Å². The molecule has 0 aromatic heterocycles. The fraction of sp³-hybridized carbons (Fsp3) is 0.391. The van der Waals surface area contributed by atoms with Crippen molar-refractivity contribution in [3.8, 4) is 11.5 Å². The second kappa shape index (κ2) is 9.56. The van der Waals surface area contributed by atoms with E-state index in [1.807, 2.05) is 35.2 Å². The van der Waals surface area contributed by atoms with Crippen LogP contribution in [0.5, 0.6) is 11.5 Å². The zero-order valence-electron chi connectivity index (χ0n) is 18.3. The normalized spacial score (nSPS) is 16.5. The summed E-state index contributed by atoms with van der Waals surface area (Å²) in [7, 11) is 3.13. The van der Waals surface area contributed by atoms with Crippen LogP contribution in [0.25, 0.3) is 0 Å². The molecule has 2 aromatic rings. The van der Waals surface area contributed by atoms with E-state index in [-0.39, 0.29) is 18.5 Å². The van der Waals surface area contributed by atoms with E-state index in [9.17, 15) is 9.59 Å². The van der Waals surface area contributed by atoms with Gasteiger partial charge in [0.15, 0.2) is 11.5 Å². The second-order valence-corrected chi connectivity index (χ2v) is 8.18. The number of hydrogen-bond donors (Lipinski definition) is 0. The number of carbonyl (C=O) groups is 2. The maximum atomic E-state index is 12.9. The minimum Gasteiger partial charge on any atom is -0.493 e. The summed E-state index contributed by atoms with van der Waals surface area (Å²) in [5, 5.41) is 0.701. The fourth-order valence-corrected chi connectivity index (χ4v) is 4.30. The number of urea groups is 1. The molecule has 0 aliphatic carbocycles. The van der Waals surface area contributed by atoms with Crippen molar-refractivity contribution in [3.63, 3.8) is 0 Å². The number of carbonyl (C=O) groups excluding carboxylic acids is 2. The molecule has 2 saturated heterocycles. The number of rotatable bonds is 6. The van der Waals surface area contributed by atoms with Gasteiger partial charge in [0, 0.05) is 61.7 Å². The third-order valence-electron chi connectivity index (χ3n) is 5.91. The summed E-state index contributed by atoms with van der Waals surface area (Å²) in [6.07, 6.45) is 0. The van der Waals surface area contributed by atoms with E-state index in [0.29, 0.717) is 42.7 Å².